The third kappa shape index (κ3) is 5.65. The monoisotopic (exact) mass is 385 g/mol. The molecule has 1 fully saturated rings. The summed E-state index contributed by atoms with van der Waals surface area (Å²) in [6, 6.07) is 11.3. The molecule has 27 heavy (non-hydrogen) atoms. The Hall–Kier alpha value is -2.18. The number of likely N-dealkylation sites (tertiary alicyclic amines) is 1. The molecule has 1 aromatic heterocycles. The van der Waals surface area contributed by atoms with E-state index in [-0.39, 0.29) is 11.8 Å². The fourth-order valence-electron chi connectivity index (χ4n) is 3.38. The van der Waals surface area contributed by atoms with Gasteiger partial charge in [-0.25, -0.2) is 0 Å². The molecule has 2 amide bonds. The number of rotatable bonds is 7. The molecule has 5 nitrogen and oxygen atoms in total. The second kappa shape index (κ2) is 9.67. The van der Waals surface area contributed by atoms with Gasteiger partial charge < -0.3 is 15.5 Å². The zero-order valence-corrected chi connectivity index (χ0v) is 16.6. The van der Waals surface area contributed by atoms with Crippen molar-refractivity contribution in [3.63, 3.8) is 0 Å². The van der Waals surface area contributed by atoms with E-state index < -0.39 is 0 Å². The fraction of sp³-hybridized carbons (Fsp3) is 0.429. The number of piperidine rings is 1. The van der Waals surface area contributed by atoms with Crippen LogP contribution in [0.2, 0.25) is 0 Å². The third-order valence-corrected chi connectivity index (χ3v) is 5.87. The van der Waals surface area contributed by atoms with Gasteiger partial charge >= 0.3 is 0 Å². The molecule has 3 rings (SSSR count). The SMILES string of the molecule is C[C@@H]1CCCCN1CCCNC(=O)c1ccc(NC(=O)c2cccs2)cc1. The molecule has 1 aliphatic rings. The third-order valence-electron chi connectivity index (χ3n) is 5.00. The largest absolute Gasteiger partial charge is 0.352 e. The predicted octanol–water partition coefficient (Wildman–Crippen LogP) is 3.99. The number of carbonyl (C=O) groups is 2. The van der Waals surface area contributed by atoms with E-state index in [4.69, 9.17) is 0 Å². The van der Waals surface area contributed by atoms with Gasteiger partial charge in [0, 0.05) is 30.4 Å². The summed E-state index contributed by atoms with van der Waals surface area (Å²) in [5.74, 6) is -0.202. The quantitative estimate of drug-likeness (QED) is 0.709. The van der Waals surface area contributed by atoms with Crippen molar-refractivity contribution in [2.75, 3.05) is 25.0 Å². The summed E-state index contributed by atoms with van der Waals surface area (Å²) in [7, 11) is 0. The first-order chi connectivity index (χ1) is 13.1. The molecule has 0 aliphatic carbocycles. The first-order valence-electron chi connectivity index (χ1n) is 9.60. The summed E-state index contributed by atoms with van der Waals surface area (Å²) in [5, 5.41) is 7.69. The first kappa shape index (κ1) is 19.6. The van der Waals surface area contributed by atoms with Gasteiger partial charge in [0.15, 0.2) is 0 Å². The smallest absolute Gasteiger partial charge is 0.265 e. The standard InChI is InChI=1S/C21H27N3O2S/c1-16-6-2-3-13-24(16)14-5-12-22-20(25)17-8-10-18(11-9-17)23-21(26)19-7-4-15-27-19/h4,7-11,15-16H,2-3,5-6,12-14H2,1H3,(H,22,25)(H,23,26)/t16-/m1/s1. The average molecular weight is 386 g/mol. The van der Waals surface area contributed by atoms with E-state index in [1.54, 1.807) is 30.3 Å². The second-order valence-electron chi connectivity index (χ2n) is 7.00. The number of hydrogen-bond acceptors (Lipinski definition) is 4. The van der Waals surface area contributed by atoms with Crippen LogP contribution in [0.25, 0.3) is 0 Å². The summed E-state index contributed by atoms with van der Waals surface area (Å²) in [6.07, 6.45) is 4.86. The van der Waals surface area contributed by atoms with Gasteiger partial charge in [-0.15, -0.1) is 11.3 Å². The number of anilines is 1. The fourth-order valence-corrected chi connectivity index (χ4v) is 4.00. The van der Waals surface area contributed by atoms with Crippen LogP contribution < -0.4 is 10.6 Å². The molecular formula is C21H27N3O2S. The number of amides is 2. The van der Waals surface area contributed by atoms with E-state index in [1.165, 1.54) is 37.1 Å². The minimum absolute atomic E-state index is 0.0715. The maximum absolute atomic E-state index is 12.3. The van der Waals surface area contributed by atoms with Crippen molar-refractivity contribution in [1.29, 1.82) is 0 Å². The number of carbonyl (C=O) groups excluding carboxylic acids is 2. The molecule has 144 valence electrons. The summed E-state index contributed by atoms with van der Waals surface area (Å²) < 4.78 is 0. The molecule has 1 aromatic carbocycles. The molecule has 2 heterocycles. The lowest BCUT2D eigenvalue weighted by atomic mass is 10.0. The van der Waals surface area contributed by atoms with Gasteiger partial charge in [0.05, 0.1) is 4.88 Å². The molecule has 0 spiro atoms. The maximum Gasteiger partial charge on any atom is 0.265 e. The van der Waals surface area contributed by atoms with E-state index in [1.807, 2.05) is 11.4 Å². The number of nitrogens with zero attached hydrogens (tertiary/aromatic N) is 1. The van der Waals surface area contributed by atoms with Gasteiger partial charge in [-0.2, -0.15) is 0 Å². The van der Waals surface area contributed by atoms with E-state index in [0.717, 1.165) is 13.0 Å². The van der Waals surface area contributed by atoms with Gasteiger partial charge in [-0.1, -0.05) is 12.5 Å². The predicted molar refractivity (Wildman–Crippen MR) is 111 cm³/mol. The van der Waals surface area contributed by atoms with Crippen LogP contribution in [0.4, 0.5) is 5.69 Å². The Morgan fingerprint density at radius 3 is 2.67 bits per heavy atom. The highest BCUT2D eigenvalue weighted by molar-refractivity contribution is 7.12. The summed E-state index contributed by atoms with van der Waals surface area (Å²) in [6.45, 7) is 5.18. The van der Waals surface area contributed by atoms with Crippen LogP contribution in [0.15, 0.2) is 41.8 Å². The molecule has 1 atom stereocenters. The molecule has 0 saturated carbocycles. The van der Waals surface area contributed by atoms with E-state index >= 15 is 0 Å². The Bertz CT molecular complexity index is 743. The Morgan fingerprint density at radius 2 is 1.96 bits per heavy atom. The molecule has 6 heteroatoms. The van der Waals surface area contributed by atoms with Crippen molar-refractivity contribution in [2.45, 2.75) is 38.6 Å². The number of hydrogen-bond donors (Lipinski definition) is 2. The van der Waals surface area contributed by atoms with Crippen LogP contribution in [0.5, 0.6) is 0 Å². The Kier molecular flexibility index (Phi) is 7.01. The molecule has 0 bridgehead atoms. The lowest BCUT2D eigenvalue weighted by molar-refractivity contribution is 0.0948. The van der Waals surface area contributed by atoms with E-state index in [0.29, 0.717) is 28.7 Å². The van der Waals surface area contributed by atoms with Crippen LogP contribution in [0.3, 0.4) is 0 Å². The van der Waals surface area contributed by atoms with Crippen molar-refractivity contribution in [2.24, 2.45) is 0 Å². The summed E-state index contributed by atoms with van der Waals surface area (Å²) in [5.41, 5.74) is 1.29. The maximum atomic E-state index is 12.3. The minimum Gasteiger partial charge on any atom is -0.352 e. The van der Waals surface area contributed by atoms with Gasteiger partial charge in [-0.3, -0.25) is 9.59 Å². The number of nitrogens with one attached hydrogen (secondary N) is 2. The van der Waals surface area contributed by atoms with Crippen LogP contribution in [0, 0.1) is 0 Å². The van der Waals surface area contributed by atoms with E-state index in [9.17, 15) is 9.59 Å². The number of benzene rings is 1. The van der Waals surface area contributed by atoms with Gasteiger partial charge in [0.2, 0.25) is 0 Å². The van der Waals surface area contributed by atoms with E-state index in [2.05, 4.69) is 22.5 Å². The lowest BCUT2D eigenvalue weighted by Crippen LogP contribution is -2.39. The van der Waals surface area contributed by atoms with Crippen LogP contribution in [-0.2, 0) is 0 Å². The highest BCUT2D eigenvalue weighted by Crippen LogP contribution is 2.16. The zero-order valence-electron chi connectivity index (χ0n) is 15.7. The Balaban J connectivity index is 1.41. The summed E-state index contributed by atoms with van der Waals surface area (Å²) in [4.78, 5) is 27.5. The molecule has 0 unspecified atom stereocenters. The minimum atomic E-state index is -0.130. The van der Waals surface area contributed by atoms with Crippen LogP contribution in [-0.4, -0.2) is 42.4 Å². The van der Waals surface area contributed by atoms with Gasteiger partial charge in [0.1, 0.15) is 0 Å². The molecule has 1 aliphatic heterocycles. The van der Waals surface area contributed by atoms with Crippen molar-refractivity contribution < 1.29 is 9.59 Å². The Morgan fingerprint density at radius 1 is 1.15 bits per heavy atom. The molecule has 1 saturated heterocycles. The highest BCUT2D eigenvalue weighted by Gasteiger charge is 2.17. The van der Waals surface area contributed by atoms with Crippen molar-refractivity contribution in [3.05, 3.63) is 52.2 Å². The van der Waals surface area contributed by atoms with Gasteiger partial charge in [-0.05, 0) is 68.4 Å². The van der Waals surface area contributed by atoms with Crippen molar-refractivity contribution in [3.8, 4) is 0 Å². The second-order valence-corrected chi connectivity index (χ2v) is 7.95. The Labute approximate surface area is 164 Å². The summed E-state index contributed by atoms with van der Waals surface area (Å²) >= 11 is 1.40. The van der Waals surface area contributed by atoms with Crippen LogP contribution >= 0.6 is 11.3 Å². The molecule has 0 radical (unpaired) electrons. The van der Waals surface area contributed by atoms with Crippen molar-refractivity contribution in [1.82, 2.24) is 10.2 Å². The highest BCUT2D eigenvalue weighted by atomic mass is 32.1. The average Bonchev–Trinajstić information content (AvgIpc) is 3.22. The van der Waals surface area contributed by atoms with Gasteiger partial charge in [0.25, 0.3) is 11.8 Å². The zero-order chi connectivity index (χ0) is 19.1. The molecule has 2 aromatic rings. The normalized spacial score (nSPS) is 17.4. The first-order valence-corrected chi connectivity index (χ1v) is 10.5. The molecular weight excluding hydrogens is 358 g/mol. The number of thiophene rings is 1. The van der Waals surface area contributed by atoms with Crippen LogP contribution in [0.1, 0.15) is 52.6 Å². The lowest BCUT2D eigenvalue weighted by Gasteiger charge is -2.33. The molecule has 2 N–H and O–H groups in total. The van der Waals surface area contributed by atoms with Crippen molar-refractivity contribution >= 4 is 28.8 Å². The topological polar surface area (TPSA) is 61.4 Å².